The van der Waals surface area contributed by atoms with E-state index in [9.17, 15) is 9.90 Å². The van der Waals surface area contributed by atoms with Gasteiger partial charge in [-0.15, -0.1) is 0 Å². The van der Waals surface area contributed by atoms with E-state index in [1.54, 1.807) is 0 Å². The standard InChI is InChI=1S/C32H39ClN2O3/c1-21-7-6-10-24-19-27-28(30(36)32(21,24)2)26(31(37)38-27)20-34-15-17-35(18-16-34)29(22-8-4-3-5-9-22)23-11-13-25(33)14-12-23/h3-5,8-14,21,26-30,36H,6-7,15-20H2,1-2H3/t21-,26-,27-,28-,29+,30-,32-/m1/s1. The second kappa shape index (κ2) is 10.4. The maximum atomic E-state index is 13.1. The van der Waals surface area contributed by atoms with Crippen molar-refractivity contribution in [3.05, 3.63) is 82.4 Å². The zero-order chi connectivity index (χ0) is 26.4. The quantitative estimate of drug-likeness (QED) is 0.415. The van der Waals surface area contributed by atoms with Gasteiger partial charge in [-0.3, -0.25) is 14.6 Å². The molecule has 5 nitrogen and oxygen atoms in total. The fraction of sp³-hybridized carbons (Fsp3) is 0.531. The second-order valence-corrected chi connectivity index (χ2v) is 12.4. The van der Waals surface area contributed by atoms with Gasteiger partial charge in [0.2, 0.25) is 0 Å². The van der Waals surface area contributed by atoms with E-state index in [0.29, 0.717) is 12.5 Å². The Morgan fingerprint density at radius 3 is 2.45 bits per heavy atom. The van der Waals surface area contributed by atoms with Crippen LogP contribution in [0.3, 0.4) is 0 Å². The minimum atomic E-state index is -0.548. The Labute approximate surface area is 231 Å². The van der Waals surface area contributed by atoms with Crippen LogP contribution in [0.5, 0.6) is 0 Å². The molecule has 6 heteroatoms. The van der Waals surface area contributed by atoms with E-state index in [-0.39, 0.29) is 35.4 Å². The van der Waals surface area contributed by atoms with Gasteiger partial charge in [0.15, 0.2) is 0 Å². The first-order valence-electron chi connectivity index (χ1n) is 14.2. The lowest BCUT2D eigenvalue weighted by Gasteiger charge is -2.52. The van der Waals surface area contributed by atoms with Crippen molar-refractivity contribution in [3.8, 4) is 0 Å². The highest BCUT2D eigenvalue weighted by Crippen LogP contribution is 2.56. The Morgan fingerprint density at radius 2 is 1.74 bits per heavy atom. The minimum absolute atomic E-state index is 0.125. The Kier molecular flexibility index (Phi) is 7.15. The number of esters is 1. The maximum Gasteiger partial charge on any atom is 0.311 e. The monoisotopic (exact) mass is 534 g/mol. The van der Waals surface area contributed by atoms with Gasteiger partial charge in [-0.25, -0.2) is 0 Å². The number of ether oxygens (including phenoxy) is 1. The van der Waals surface area contributed by atoms with E-state index < -0.39 is 6.10 Å². The zero-order valence-corrected chi connectivity index (χ0v) is 23.2. The van der Waals surface area contributed by atoms with Gasteiger partial charge in [0, 0.05) is 55.5 Å². The number of carbonyl (C=O) groups excluding carboxylic acids is 1. The molecule has 202 valence electrons. The molecule has 6 rings (SSSR count). The summed E-state index contributed by atoms with van der Waals surface area (Å²) in [5, 5.41) is 12.4. The number of aliphatic hydroxyl groups excluding tert-OH is 1. The number of carbonyl (C=O) groups is 1. The van der Waals surface area contributed by atoms with Gasteiger partial charge in [-0.1, -0.05) is 79.6 Å². The fourth-order valence-corrected chi connectivity index (χ4v) is 7.78. The van der Waals surface area contributed by atoms with Crippen molar-refractivity contribution in [3.63, 3.8) is 0 Å². The molecule has 7 atom stereocenters. The third-order valence-electron chi connectivity index (χ3n) is 10.1. The summed E-state index contributed by atoms with van der Waals surface area (Å²) in [6.45, 7) is 8.70. The molecule has 2 aliphatic carbocycles. The molecule has 4 aliphatic rings. The summed E-state index contributed by atoms with van der Waals surface area (Å²) >= 11 is 6.19. The van der Waals surface area contributed by atoms with Crippen molar-refractivity contribution in [1.29, 1.82) is 0 Å². The average molecular weight is 535 g/mol. The molecule has 38 heavy (non-hydrogen) atoms. The van der Waals surface area contributed by atoms with Crippen molar-refractivity contribution in [2.45, 2.75) is 51.4 Å². The largest absolute Gasteiger partial charge is 0.461 e. The number of halogens is 1. The highest BCUT2D eigenvalue weighted by atomic mass is 35.5. The van der Waals surface area contributed by atoms with Gasteiger partial charge in [0.05, 0.1) is 18.1 Å². The highest BCUT2D eigenvalue weighted by molar-refractivity contribution is 6.30. The van der Waals surface area contributed by atoms with Crippen molar-refractivity contribution in [2.24, 2.45) is 23.2 Å². The van der Waals surface area contributed by atoms with Crippen molar-refractivity contribution in [1.82, 2.24) is 9.80 Å². The normalized spacial score (nSPS) is 34.7. The van der Waals surface area contributed by atoms with E-state index in [4.69, 9.17) is 16.3 Å². The van der Waals surface area contributed by atoms with Crippen molar-refractivity contribution in [2.75, 3.05) is 32.7 Å². The molecule has 0 bridgehead atoms. The predicted molar refractivity (Wildman–Crippen MR) is 150 cm³/mol. The lowest BCUT2D eigenvalue weighted by atomic mass is 9.55. The zero-order valence-electron chi connectivity index (χ0n) is 22.4. The topological polar surface area (TPSA) is 53.0 Å². The number of aliphatic hydroxyl groups is 1. The van der Waals surface area contributed by atoms with Crippen LogP contribution in [0.25, 0.3) is 0 Å². The molecule has 2 aromatic carbocycles. The molecule has 3 fully saturated rings. The Hall–Kier alpha value is -2.18. The number of benzene rings is 2. The summed E-state index contributed by atoms with van der Waals surface area (Å²) in [7, 11) is 0. The van der Waals surface area contributed by atoms with Crippen LogP contribution in [0.1, 0.15) is 50.3 Å². The molecular weight excluding hydrogens is 496 g/mol. The van der Waals surface area contributed by atoms with Crippen molar-refractivity contribution < 1.29 is 14.6 Å². The third-order valence-corrected chi connectivity index (χ3v) is 10.4. The van der Waals surface area contributed by atoms with Crippen LogP contribution < -0.4 is 0 Å². The molecule has 1 saturated carbocycles. The molecule has 0 aromatic heterocycles. The number of allylic oxidation sites excluding steroid dienone is 1. The van der Waals surface area contributed by atoms with Crippen LogP contribution in [0.4, 0.5) is 0 Å². The molecule has 0 amide bonds. The van der Waals surface area contributed by atoms with E-state index in [0.717, 1.165) is 50.5 Å². The molecular formula is C32H39ClN2O3. The minimum Gasteiger partial charge on any atom is -0.461 e. The van der Waals surface area contributed by atoms with Gasteiger partial charge in [0.25, 0.3) is 0 Å². The summed E-state index contributed by atoms with van der Waals surface area (Å²) < 4.78 is 5.92. The summed E-state index contributed by atoms with van der Waals surface area (Å²) in [5.74, 6) is -0.119. The second-order valence-electron chi connectivity index (χ2n) is 12.0. The van der Waals surface area contributed by atoms with Gasteiger partial charge in [0.1, 0.15) is 6.10 Å². The lowest BCUT2D eigenvalue weighted by Crippen LogP contribution is -2.55. The SMILES string of the molecule is C[C@@H]1CCC=C2C[C@H]3OC(=O)[C@H](CN4CCN([C@@H](c5ccccc5)c5ccc(Cl)cc5)CC4)[C@H]3[C@@H](O)[C@@]21C. The highest BCUT2D eigenvalue weighted by Gasteiger charge is 2.59. The molecule has 2 saturated heterocycles. The number of fused-ring (bicyclic) bond motifs is 2. The summed E-state index contributed by atoms with van der Waals surface area (Å²) in [6, 6.07) is 19.0. The van der Waals surface area contributed by atoms with Crippen LogP contribution in [-0.2, 0) is 9.53 Å². The smallest absolute Gasteiger partial charge is 0.311 e. The number of hydrogen-bond donors (Lipinski definition) is 1. The van der Waals surface area contributed by atoms with Gasteiger partial charge in [-0.05, 0) is 42.0 Å². The lowest BCUT2D eigenvalue weighted by molar-refractivity contribution is -0.145. The number of rotatable bonds is 5. The van der Waals surface area contributed by atoms with Crippen LogP contribution in [0.2, 0.25) is 5.02 Å². The van der Waals surface area contributed by atoms with Crippen LogP contribution >= 0.6 is 11.6 Å². The average Bonchev–Trinajstić information content (AvgIpc) is 3.23. The fourth-order valence-electron chi connectivity index (χ4n) is 7.65. The molecule has 0 radical (unpaired) electrons. The first-order valence-corrected chi connectivity index (χ1v) is 14.6. The number of nitrogens with zero attached hydrogens (tertiary/aromatic N) is 2. The Morgan fingerprint density at radius 1 is 1.05 bits per heavy atom. The predicted octanol–water partition coefficient (Wildman–Crippen LogP) is 5.33. The molecule has 1 N–H and O–H groups in total. The molecule has 2 aliphatic heterocycles. The van der Waals surface area contributed by atoms with Gasteiger partial charge >= 0.3 is 5.97 Å². The van der Waals surface area contributed by atoms with Crippen LogP contribution in [0.15, 0.2) is 66.2 Å². The van der Waals surface area contributed by atoms with E-state index in [1.807, 2.05) is 12.1 Å². The summed E-state index contributed by atoms with van der Waals surface area (Å²) in [6.07, 6.45) is 4.47. The van der Waals surface area contributed by atoms with E-state index in [2.05, 4.69) is 72.2 Å². The third kappa shape index (κ3) is 4.52. The number of piperazine rings is 1. The molecule has 0 spiro atoms. The van der Waals surface area contributed by atoms with Gasteiger partial charge < -0.3 is 9.84 Å². The summed E-state index contributed by atoms with van der Waals surface area (Å²) in [4.78, 5) is 18.1. The first-order chi connectivity index (χ1) is 18.4. The molecule has 2 heterocycles. The van der Waals surface area contributed by atoms with Gasteiger partial charge in [-0.2, -0.15) is 0 Å². The molecule has 2 aromatic rings. The Balaban J connectivity index is 1.16. The maximum absolute atomic E-state index is 13.1. The van der Waals surface area contributed by atoms with Crippen molar-refractivity contribution >= 4 is 17.6 Å². The first kappa shape index (κ1) is 26.1. The summed E-state index contributed by atoms with van der Waals surface area (Å²) in [5.41, 5.74) is 3.54. The Bertz CT molecular complexity index is 1180. The number of hydrogen-bond acceptors (Lipinski definition) is 5. The van der Waals surface area contributed by atoms with Crippen LogP contribution in [0, 0.1) is 23.2 Å². The van der Waals surface area contributed by atoms with E-state index >= 15 is 0 Å². The van der Waals surface area contributed by atoms with Crippen LogP contribution in [-0.4, -0.2) is 65.8 Å². The van der Waals surface area contributed by atoms with E-state index in [1.165, 1.54) is 16.7 Å². The molecule has 0 unspecified atom stereocenters.